The minimum atomic E-state index is -0.895. The molecule has 1 amide bonds. The number of ether oxygens (including phenoxy) is 1. The maximum Gasteiger partial charge on any atom is 0.305 e. The summed E-state index contributed by atoms with van der Waals surface area (Å²) >= 11 is 1.47. The highest BCUT2D eigenvalue weighted by molar-refractivity contribution is 8.00. The Morgan fingerprint density at radius 1 is 1.32 bits per heavy atom. The van der Waals surface area contributed by atoms with Gasteiger partial charge in [-0.25, -0.2) is 0 Å². The van der Waals surface area contributed by atoms with Crippen molar-refractivity contribution in [3.8, 4) is 0 Å². The molecule has 0 radical (unpaired) electrons. The fourth-order valence-electron chi connectivity index (χ4n) is 2.59. The molecule has 1 saturated heterocycles. The highest BCUT2D eigenvalue weighted by Crippen LogP contribution is 2.26. The van der Waals surface area contributed by atoms with Crippen molar-refractivity contribution in [2.24, 2.45) is 0 Å². The monoisotopic (exact) mass is 323 g/mol. The molecule has 1 aliphatic rings. The Morgan fingerprint density at radius 3 is 2.64 bits per heavy atom. The molecule has 1 aromatic rings. The average Bonchev–Trinajstić information content (AvgIpc) is 2.46. The van der Waals surface area contributed by atoms with E-state index in [2.05, 4.69) is 5.32 Å². The average molecular weight is 323 g/mol. The number of carboxylic acids is 1. The summed E-state index contributed by atoms with van der Waals surface area (Å²) in [6.45, 7) is 2.97. The van der Waals surface area contributed by atoms with E-state index in [1.807, 2.05) is 31.2 Å². The first-order valence-corrected chi connectivity index (χ1v) is 8.28. The van der Waals surface area contributed by atoms with Crippen LogP contribution in [0.2, 0.25) is 0 Å². The molecule has 2 rings (SSSR count). The van der Waals surface area contributed by atoms with Gasteiger partial charge in [-0.05, 0) is 31.4 Å². The minimum Gasteiger partial charge on any atom is -0.481 e. The van der Waals surface area contributed by atoms with Crippen LogP contribution in [0.4, 0.5) is 0 Å². The molecule has 22 heavy (non-hydrogen) atoms. The smallest absolute Gasteiger partial charge is 0.305 e. The normalized spacial score (nSPS) is 17.0. The van der Waals surface area contributed by atoms with Crippen LogP contribution in [-0.2, 0) is 14.3 Å². The summed E-state index contributed by atoms with van der Waals surface area (Å²) in [7, 11) is 0. The van der Waals surface area contributed by atoms with Gasteiger partial charge in [0.1, 0.15) is 0 Å². The molecule has 1 aliphatic heterocycles. The summed E-state index contributed by atoms with van der Waals surface area (Å²) in [5.74, 6) is -0.738. The van der Waals surface area contributed by atoms with E-state index in [4.69, 9.17) is 9.84 Å². The lowest BCUT2D eigenvalue weighted by molar-refractivity contribution is -0.140. The van der Waals surface area contributed by atoms with E-state index in [0.29, 0.717) is 26.1 Å². The Balaban J connectivity index is 1.93. The lowest BCUT2D eigenvalue weighted by Gasteiger charge is -2.36. The number of carbonyl (C=O) groups is 2. The van der Waals surface area contributed by atoms with Gasteiger partial charge in [-0.1, -0.05) is 18.2 Å². The quantitative estimate of drug-likeness (QED) is 0.785. The number of carbonyl (C=O) groups excluding carboxylic acids is 1. The first-order chi connectivity index (χ1) is 10.5. The Labute approximate surface area is 134 Å². The largest absolute Gasteiger partial charge is 0.481 e. The maximum absolute atomic E-state index is 12.2. The highest BCUT2D eigenvalue weighted by Gasteiger charge is 2.36. The lowest BCUT2D eigenvalue weighted by Crippen LogP contribution is -2.53. The van der Waals surface area contributed by atoms with E-state index in [1.165, 1.54) is 11.8 Å². The SMILES string of the molecule is Cc1ccccc1SCC(=O)NC1(CC(=O)O)CCOCC1. The summed E-state index contributed by atoms with van der Waals surface area (Å²) in [6.07, 6.45) is 1.03. The Bertz CT molecular complexity index is 541. The number of hydrogen-bond acceptors (Lipinski definition) is 4. The molecule has 120 valence electrons. The lowest BCUT2D eigenvalue weighted by atomic mass is 9.86. The van der Waals surface area contributed by atoms with Crippen LogP contribution in [0.5, 0.6) is 0 Å². The van der Waals surface area contributed by atoms with Crippen molar-refractivity contribution >= 4 is 23.6 Å². The summed E-state index contributed by atoms with van der Waals surface area (Å²) < 4.78 is 5.28. The minimum absolute atomic E-state index is 0.0584. The number of aryl methyl sites for hydroxylation is 1. The molecule has 6 heteroatoms. The van der Waals surface area contributed by atoms with Gasteiger partial charge in [0.15, 0.2) is 0 Å². The fourth-order valence-corrected chi connectivity index (χ4v) is 3.42. The van der Waals surface area contributed by atoms with Crippen LogP contribution >= 0.6 is 11.8 Å². The van der Waals surface area contributed by atoms with Gasteiger partial charge in [0.25, 0.3) is 0 Å². The van der Waals surface area contributed by atoms with Crippen molar-refractivity contribution in [3.05, 3.63) is 29.8 Å². The van der Waals surface area contributed by atoms with Crippen LogP contribution in [0.1, 0.15) is 24.8 Å². The van der Waals surface area contributed by atoms with E-state index >= 15 is 0 Å². The molecule has 0 aromatic heterocycles. The predicted octanol–water partition coefficient (Wildman–Crippen LogP) is 2.23. The zero-order chi connectivity index (χ0) is 16.0. The highest BCUT2D eigenvalue weighted by atomic mass is 32.2. The molecular weight excluding hydrogens is 302 g/mol. The van der Waals surface area contributed by atoms with Gasteiger partial charge in [-0.2, -0.15) is 0 Å². The van der Waals surface area contributed by atoms with Gasteiger partial charge < -0.3 is 15.2 Å². The second kappa shape index (κ2) is 7.65. The summed E-state index contributed by atoms with van der Waals surface area (Å²) in [6, 6.07) is 7.89. The van der Waals surface area contributed by atoms with Crippen molar-refractivity contribution in [2.75, 3.05) is 19.0 Å². The second-order valence-electron chi connectivity index (χ2n) is 5.57. The standard InChI is InChI=1S/C16H21NO4S/c1-12-4-2-3-5-13(12)22-11-14(18)17-16(10-15(19)20)6-8-21-9-7-16/h2-5H,6-11H2,1H3,(H,17,18)(H,19,20). The molecule has 1 heterocycles. The van der Waals surface area contributed by atoms with E-state index in [-0.39, 0.29) is 18.1 Å². The second-order valence-corrected chi connectivity index (χ2v) is 6.58. The molecule has 5 nitrogen and oxygen atoms in total. The van der Waals surface area contributed by atoms with Gasteiger partial charge in [-0.3, -0.25) is 9.59 Å². The third kappa shape index (κ3) is 4.74. The third-order valence-corrected chi connectivity index (χ3v) is 4.97. The summed E-state index contributed by atoms with van der Waals surface area (Å²) in [5, 5.41) is 12.0. The van der Waals surface area contributed by atoms with Gasteiger partial charge in [-0.15, -0.1) is 11.8 Å². The Morgan fingerprint density at radius 2 is 2.00 bits per heavy atom. The van der Waals surface area contributed by atoms with Gasteiger partial charge in [0.2, 0.25) is 5.91 Å². The number of carboxylic acid groups (broad SMARTS) is 1. The van der Waals surface area contributed by atoms with Crippen LogP contribution in [0.15, 0.2) is 29.2 Å². The predicted molar refractivity (Wildman–Crippen MR) is 85.1 cm³/mol. The molecule has 0 aliphatic carbocycles. The van der Waals surface area contributed by atoms with Crippen molar-refractivity contribution in [1.29, 1.82) is 0 Å². The van der Waals surface area contributed by atoms with Crippen molar-refractivity contribution in [1.82, 2.24) is 5.32 Å². The molecule has 0 spiro atoms. The van der Waals surface area contributed by atoms with Crippen molar-refractivity contribution < 1.29 is 19.4 Å². The number of aliphatic carboxylic acids is 1. The molecular formula is C16H21NO4S. The van der Waals surface area contributed by atoms with Crippen molar-refractivity contribution in [3.63, 3.8) is 0 Å². The topological polar surface area (TPSA) is 75.6 Å². The van der Waals surface area contributed by atoms with E-state index in [9.17, 15) is 9.59 Å². The zero-order valence-corrected chi connectivity index (χ0v) is 13.4. The summed E-state index contributed by atoms with van der Waals surface area (Å²) in [4.78, 5) is 24.4. The number of benzene rings is 1. The first-order valence-electron chi connectivity index (χ1n) is 7.30. The van der Waals surface area contributed by atoms with Gasteiger partial charge in [0, 0.05) is 18.1 Å². The van der Waals surface area contributed by atoms with E-state index in [1.54, 1.807) is 0 Å². The zero-order valence-electron chi connectivity index (χ0n) is 12.6. The molecule has 1 fully saturated rings. The van der Waals surface area contributed by atoms with Crippen LogP contribution < -0.4 is 5.32 Å². The number of nitrogens with one attached hydrogen (secondary N) is 1. The number of rotatable bonds is 6. The molecule has 0 atom stereocenters. The van der Waals surface area contributed by atoms with E-state index < -0.39 is 11.5 Å². The molecule has 0 saturated carbocycles. The van der Waals surface area contributed by atoms with Gasteiger partial charge in [0.05, 0.1) is 17.7 Å². The van der Waals surface area contributed by atoms with Crippen molar-refractivity contribution in [2.45, 2.75) is 36.6 Å². The van der Waals surface area contributed by atoms with Crippen LogP contribution in [-0.4, -0.2) is 41.5 Å². The number of hydrogen-bond donors (Lipinski definition) is 2. The van der Waals surface area contributed by atoms with Crippen LogP contribution in [0, 0.1) is 6.92 Å². The number of amides is 1. The maximum atomic E-state index is 12.2. The van der Waals surface area contributed by atoms with E-state index in [0.717, 1.165) is 10.5 Å². The van der Waals surface area contributed by atoms with Crippen LogP contribution in [0.25, 0.3) is 0 Å². The van der Waals surface area contributed by atoms with Crippen LogP contribution in [0.3, 0.4) is 0 Å². The Hall–Kier alpha value is -1.53. The first kappa shape index (κ1) is 16.8. The fraction of sp³-hybridized carbons (Fsp3) is 0.500. The molecule has 0 bridgehead atoms. The third-order valence-electron chi connectivity index (χ3n) is 3.80. The molecule has 1 aromatic carbocycles. The molecule has 0 unspecified atom stereocenters. The summed E-state index contributed by atoms with van der Waals surface area (Å²) in [5.41, 5.74) is 0.458. The number of thioether (sulfide) groups is 1. The Kier molecular flexibility index (Phi) is 5.85. The van der Waals surface area contributed by atoms with Gasteiger partial charge >= 0.3 is 5.97 Å². The molecule has 2 N–H and O–H groups in total.